The second kappa shape index (κ2) is 8.25. The summed E-state index contributed by atoms with van der Waals surface area (Å²) in [6.45, 7) is 3.28. The number of nitrogens with one attached hydrogen (secondary N) is 2. The normalized spacial score (nSPS) is 15.1. The number of hydrogen-bond donors (Lipinski definition) is 3. The number of rotatable bonds is 4. The van der Waals surface area contributed by atoms with Crippen molar-refractivity contribution in [1.29, 1.82) is 0 Å². The highest BCUT2D eigenvalue weighted by molar-refractivity contribution is 6.34. The van der Waals surface area contributed by atoms with Crippen molar-refractivity contribution in [3.63, 3.8) is 0 Å². The van der Waals surface area contributed by atoms with E-state index in [0.29, 0.717) is 17.9 Å². The molecule has 3 aromatic rings. The van der Waals surface area contributed by atoms with Gasteiger partial charge in [-0.3, -0.25) is 9.59 Å². The van der Waals surface area contributed by atoms with Crippen LogP contribution in [0.4, 0.5) is 5.82 Å². The van der Waals surface area contributed by atoms with Gasteiger partial charge in [-0.05, 0) is 24.5 Å². The Bertz CT molecular complexity index is 1220. The monoisotopic (exact) mass is 451 g/mol. The van der Waals surface area contributed by atoms with Crippen LogP contribution in [0.25, 0.3) is 11.3 Å². The molecule has 0 bridgehead atoms. The molecule has 32 heavy (non-hydrogen) atoms. The Labute approximate surface area is 189 Å². The smallest absolute Gasteiger partial charge is 0.273 e. The highest BCUT2D eigenvalue weighted by Gasteiger charge is 2.28. The SMILES string of the molecule is NC(=O)c1nn(NC(=O)c2cc(N3CCNCC3)ncc2Cl)c2c1CCc1ccccc1-2. The molecule has 2 amide bonds. The summed E-state index contributed by atoms with van der Waals surface area (Å²) in [5, 5.41) is 7.85. The first-order valence-electron chi connectivity index (χ1n) is 10.5. The van der Waals surface area contributed by atoms with Gasteiger partial charge in [0.25, 0.3) is 11.8 Å². The number of hydrogen-bond acceptors (Lipinski definition) is 6. The Hall–Kier alpha value is -3.43. The number of amides is 2. The number of primary amides is 1. The Morgan fingerprint density at radius 2 is 1.94 bits per heavy atom. The van der Waals surface area contributed by atoms with Gasteiger partial charge in [0, 0.05) is 43.5 Å². The van der Waals surface area contributed by atoms with E-state index in [2.05, 4.69) is 25.7 Å². The molecule has 1 saturated heterocycles. The maximum absolute atomic E-state index is 13.2. The summed E-state index contributed by atoms with van der Waals surface area (Å²) in [5.74, 6) is -0.388. The van der Waals surface area contributed by atoms with E-state index in [4.69, 9.17) is 17.3 Å². The van der Waals surface area contributed by atoms with Crippen LogP contribution in [0.3, 0.4) is 0 Å². The lowest BCUT2D eigenvalue weighted by Crippen LogP contribution is -2.44. The summed E-state index contributed by atoms with van der Waals surface area (Å²) < 4.78 is 0. The Morgan fingerprint density at radius 3 is 2.72 bits per heavy atom. The lowest BCUT2D eigenvalue weighted by atomic mass is 9.89. The van der Waals surface area contributed by atoms with E-state index in [0.717, 1.165) is 49.3 Å². The van der Waals surface area contributed by atoms with Crippen LogP contribution in [0.5, 0.6) is 0 Å². The van der Waals surface area contributed by atoms with Crippen molar-refractivity contribution in [1.82, 2.24) is 20.2 Å². The topological polar surface area (TPSA) is 118 Å². The van der Waals surface area contributed by atoms with Crippen LogP contribution in [0, 0.1) is 0 Å². The first kappa shape index (κ1) is 20.5. The Morgan fingerprint density at radius 1 is 1.16 bits per heavy atom. The van der Waals surface area contributed by atoms with Gasteiger partial charge in [-0.15, -0.1) is 5.10 Å². The fourth-order valence-corrected chi connectivity index (χ4v) is 4.49. The van der Waals surface area contributed by atoms with Gasteiger partial charge in [-0.2, -0.15) is 4.79 Å². The molecular weight excluding hydrogens is 430 g/mol. The molecule has 0 spiro atoms. The minimum absolute atomic E-state index is 0.164. The van der Waals surface area contributed by atoms with E-state index in [1.54, 1.807) is 6.07 Å². The average Bonchev–Trinajstić information content (AvgIpc) is 3.19. The van der Waals surface area contributed by atoms with Crippen molar-refractivity contribution in [2.75, 3.05) is 36.5 Å². The van der Waals surface area contributed by atoms with Crippen LogP contribution in [-0.2, 0) is 12.8 Å². The summed E-state index contributed by atoms with van der Waals surface area (Å²) >= 11 is 6.32. The zero-order valence-corrected chi connectivity index (χ0v) is 18.0. The Kier molecular flexibility index (Phi) is 5.28. The Balaban J connectivity index is 1.51. The lowest BCUT2D eigenvalue weighted by molar-refractivity contribution is 0.0983. The molecule has 5 rings (SSSR count). The standard InChI is InChI=1S/C22H22ClN7O2/c23-17-12-26-18(29-9-7-25-8-10-29)11-16(17)22(32)28-30-20-14-4-2-1-3-13(14)5-6-15(20)19(27-30)21(24)31/h1-4,11-12,25H,5-10H2,(H2,24,31)(H,28,32). The molecule has 3 heterocycles. The zero-order chi connectivity index (χ0) is 22.2. The molecular formula is C22H22ClN7O2. The third-order valence-electron chi connectivity index (χ3n) is 5.87. The maximum Gasteiger partial charge on any atom is 0.273 e. The summed E-state index contributed by atoms with van der Waals surface area (Å²) in [6.07, 6.45) is 2.87. The minimum Gasteiger partial charge on any atom is -0.364 e. The van der Waals surface area contributed by atoms with Crippen molar-refractivity contribution < 1.29 is 9.59 Å². The van der Waals surface area contributed by atoms with Crippen LogP contribution < -0.4 is 21.4 Å². The number of aryl methyl sites for hydroxylation is 1. The number of halogens is 1. The van der Waals surface area contributed by atoms with Gasteiger partial charge in [-0.25, -0.2) is 10.4 Å². The summed E-state index contributed by atoms with van der Waals surface area (Å²) in [4.78, 5) is 33.1. The average molecular weight is 452 g/mol. The largest absolute Gasteiger partial charge is 0.364 e. The number of pyridine rings is 1. The number of piperazine rings is 1. The van der Waals surface area contributed by atoms with E-state index >= 15 is 0 Å². The number of aromatic nitrogens is 3. The van der Waals surface area contributed by atoms with Gasteiger partial charge in [0.1, 0.15) is 5.82 Å². The van der Waals surface area contributed by atoms with Crippen LogP contribution in [0.15, 0.2) is 36.5 Å². The van der Waals surface area contributed by atoms with Gasteiger partial charge in [0.2, 0.25) is 0 Å². The molecule has 1 aromatic carbocycles. The number of fused-ring (bicyclic) bond motifs is 3. The second-order valence-corrected chi connectivity index (χ2v) is 8.22. The molecule has 9 nitrogen and oxygen atoms in total. The molecule has 0 atom stereocenters. The van der Waals surface area contributed by atoms with E-state index in [1.807, 2.05) is 24.3 Å². The van der Waals surface area contributed by atoms with Crippen LogP contribution in [0.1, 0.15) is 32.0 Å². The number of anilines is 1. The van der Waals surface area contributed by atoms with E-state index < -0.39 is 11.8 Å². The van der Waals surface area contributed by atoms with Crippen molar-refractivity contribution in [2.45, 2.75) is 12.8 Å². The lowest BCUT2D eigenvalue weighted by Gasteiger charge is -2.28. The molecule has 2 aromatic heterocycles. The predicted molar refractivity (Wildman–Crippen MR) is 122 cm³/mol. The highest BCUT2D eigenvalue weighted by Crippen LogP contribution is 2.35. The predicted octanol–water partition coefficient (Wildman–Crippen LogP) is 1.59. The molecule has 1 aliphatic heterocycles. The molecule has 4 N–H and O–H groups in total. The molecule has 0 unspecified atom stereocenters. The molecule has 0 radical (unpaired) electrons. The van der Waals surface area contributed by atoms with Gasteiger partial charge in [-0.1, -0.05) is 35.9 Å². The van der Waals surface area contributed by atoms with Gasteiger partial charge < -0.3 is 16.0 Å². The number of carbonyl (C=O) groups is 2. The first-order chi connectivity index (χ1) is 15.5. The molecule has 1 aliphatic carbocycles. The maximum atomic E-state index is 13.2. The van der Waals surface area contributed by atoms with Crippen molar-refractivity contribution in [3.8, 4) is 11.3 Å². The summed E-state index contributed by atoms with van der Waals surface area (Å²) in [6, 6.07) is 9.54. The highest BCUT2D eigenvalue weighted by atomic mass is 35.5. The number of nitrogens with zero attached hydrogens (tertiary/aromatic N) is 4. The number of carbonyl (C=O) groups excluding carboxylic acids is 2. The zero-order valence-electron chi connectivity index (χ0n) is 17.3. The van der Waals surface area contributed by atoms with Gasteiger partial charge in [0.05, 0.1) is 16.3 Å². The minimum atomic E-state index is -0.628. The van der Waals surface area contributed by atoms with Crippen LogP contribution >= 0.6 is 11.6 Å². The third kappa shape index (κ3) is 3.59. The van der Waals surface area contributed by atoms with Gasteiger partial charge >= 0.3 is 0 Å². The molecule has 2 aliphatic rings. The van der Waals surface area contributed by atoms with E-state index in [1.165, 1.54) is 11.0 Å². The molecule has 164 valence electrons. The molecule has 10 heteroatoms. The van der Waals surface area contributed by atoms with Crippen LogP contribution in [0.2, 0.25) is 5.02 Å². The first-order valence-corrected chi connectivity index (χ1v) is 10.8. The third-order valence-corrected chi connectivity index (χ3v) is 6.17. The molecule has 0 saturated carbocycles. The van der Waals surface area contributed by atoms with Gasteiger partial charge in [0.15, 0.2) is 5.69 Å². The van der Waals surface area contributed by atoms with Crippen LogP contribution in [-0.4, -0.2) is 52.9 Å². The van der Waals surface area contributed by atoms with E-state index in [9.17, 15) is 9.59 Å². The van der Waals surface area contributed by atoms with Crippen molar-refractivity contribution >= 4 is 29.2 Å². The van der Waals surface area contributed by atoms with E-state index in [-0.39, 0.29) is 16.3 Å². The number of nitrogens with two attached hydrogens (primary N) is 1. The fourth-order valence-electron chi connectivity index (χ4n) is 4.30. The fraction of sp³-hybridized carbons (Fsp3) is 0.273. The summed E-state index contributed by atoms with van der Waals surface area (Å²) in [7, 11) is 0. The van der Waals surface area contributed by atoms with Crippen molar-refractivity contribution in [3.05, 3.63) is 63.9 Å². The van der Waals surface area contributed by atoms with Crippen molar-refractivity contribution in [2.24, 2.45) is 5.73 Å². The summed E-state index contributed by atoms with van der Waals surface area (Å²) in [5.41, 5.74) is 12.2. The second-order valence-electron chi connectivity index (χ2n) is 7.81. The number of benzene rings is 1. The molecule has 1 fully saturated rings. The quantitative estimate of drug-likeness (QED) is 0.554.